The fourth-order valence-corrected chi connectivity index (χ4v) is 4.53. The minimum Gasteiger partial charge on any atom is -0.493 e. The predicted molar refractivity (Wildman–Crippen MR) is 142 cm³/mol. The Kier molecular flexibility index (Phi) is 7.12. The Morgan fingerprint density at radius 3 is 2.58 bits per heavy atom. The summed E-state index contributed by atoms with van der Waals surface area (Å²) in [6.07, 6.45) is 3.82. The zero-order chi connectivity index (χ0) is 26.1. The summed E-state index contributed by atoms with van der Waals surface area (Å²) < 4.78 is 8.07. The van der Waals surface area contributed by atoms with E-state index in [2.05, 4.69) is 15.0 Å². The third kappa shape index (κ3) is 4.35. The zero-order valence-corrected chi connectivity index (χ0v) is 22.1. The standard InChI is InChI=1S/C26H30ClN7O2/c1-7-19-22-24(28)30-13-31-25(22)34(32-19)15(4)17-11-18(27)14(3)21(23(17)36-8-2)16-9-10-20(29-12-16)26(35)33(5)6/h9-13,15H,7-8H2,1-6H3,(H2,28,30,31). The van der Waals surface area contributed by atoms with Crippen molar-refractivity contribution < 1.29 is 9.53 Å². The molecule has 188 valence electrons. The Balaban J connectivity index is 1.91. The van der Waals surface area contributed by atoms with E-state index in [1.165, 1.54) is 11.2 Å². The molecule has 10 heteroatoms. The lowest BCUT2D eigenvalue weighted by Gasteiger charge is -2.23. The molecule has 0 aliphatic heterocycles. The van der Waals surface area contributed by atoms with Gasteiger partial charge in [-0.25, -0.2) is 14.6 Å². The Morgan fingerprint density at radius 1 is 1.22 bits per heavy atom. The van der Waals surface area contributed by atoms with Gasteiger partial charge in [0.25, 0.3) is 5.91 Å². The average molecular weight is 508 g/mol. The normalized spacial score (nSPS) is 12.1. The van der Waals surface area contributed by atoms with Crippen LogP contribution < -0.4 is 10.5 Å². The first-order valence-corrected chi connectivity index (χ1v) is 12.2. The highest BCUT2D eigenvalue weighted by molar-refractivity contribution is 6.32. The quantitative estimate of drug-likeness (QED) is 0.385. The van der Waals surface area contributed by atoms with Crippen LogP contribution in [0.25, 0.3) is 22.2 Å². The molecular formula is C26H30ClN7O2. The fourth-order valence-electron chi connectivity index (χ4n) is 4.32. The van der Waals surface area contributed by atoms with Crippen molar-refractivity contribution in [3.05, 3.63) is 58.3 Å². The second kappa shape index (κ2) is 10.1. The summed E-state index contributed by atoms with van der Waals surface area (Å²) in [6.45, 7) is 8.38. The smallest absolute Gasteiger partial charge is 0.271 e. The maximum Gasteiger partial charge on any atom is 0.271 e. The molecular weight excluding hydrogens is 478 g/mol. The number of carbonyl (C=O) groups excluding carboxylic acids is 1. The maximum absolute atomic E-state index is 12.3. The molecule has 1 unspecified atom stereocenters. The third-order valence-electron chi connectivity index (χ3n) is 6.21. The summed E-state index contributed by atoms with van der Waals surface area (Å²) in [6, 6.07) is 5.22. The second-order valence-electron chi connectivity index (χ2n) is 8.72. The number of rotatable bonds is 7. The van der Waals surface area contributed by atoms with Crippen molar-refractivity contribution in [1.29, 1.82) is 0 Å². The molecule has 1 aromatic carbocycles. The molecule has 3 aromatic heterocycles. The summed E-state index contributed by atoms with van der Waals surface area (Å²) in [7, 11) is 3.39. The number of fused-ring (bicyclic) bond motifs is 1. The largest absolute Gasteiger partial charge is 0.493 e. The lowest BCUT2D eigenvalue weighted by molar-refractivity contribution is 0.0822. The predicted octanol–water partition coefficient (Wildman–Crippen LogP) is 4.70. The van der Waals surface area contributed by atoms with Gasteiger partial charge >= 0.3 is 0 Å². The van der Waals surface area contributed by atoms with E-state index in [-0.39, 0.29) is 11.9 Å². The molecule has 4 aromatic rings. The number of halogens is 1. The van der Waals surface area contributed by atoms with Gasteiger partial charge in [0.05, 0.1) is 23.7 Å². The van der Waals surface area contributed by atoms with Crippen molar-refractivity contribution in [2.45, 2.75) is 40.2 Å². The summed E-state index contributed by atoms with van der Waals surface area (Å²) in [4.78, 5) is 26.9. The van der Waals surface area contributed by atoms with Gasteiger partial charge in [0, 0.05) is 42.0 Å². The van der Waals surface area contributed by atoms with Gasteiger partial charge in [-0.2, -0.15) is 5.10 Å². The maximum atomic E-state index is 12.3. The van der Waals surface area contributed by atoms with Crippen LogP contribution in [-0.2, 0) is 6.42 Å². The van der Waals surface area contributed by atoms with Crippen molar-refractivity contribution in [2.75, 3.05) is 26.4 Å². The van der Waals surface area contributed by atoms with E-state index in [0.717, 1.165) is 33.3 Å². The van der Waals surface area contributed by atoms with Crippen LogP contribution in [0.4, 0.5) is 5.82 Å². The van der Waals surface area contributed by atoms with Gasteiger partial charge in [-0.15, -0.1) is 0 Å². The zero-order valence-electron chi connectivity index (χ0n) is 21.3. The summed E-state index contributed by atoms with van der Waals surface area (Å²) in [5, 5.41) is 6.18. The van der Waals surface area contributed by atoms with Crippen LogP contribution >= 0.6 is 11.6 Å². The Morgan fingerprint density at radius 2 is 1.97 bits per heavy atom. The molecule has 2 N–H and O–H groups in total. The number of amides is 1. The number of aryl methyl sites for hydroxylation is 1. The molecule has 0 spiro atoms. The van der Waals surface area contributed by atoms with E-state index >= 15 is 0 Å². The molecule has 4 rings (SSSR count). The highest BCUT2D eigenvalue weighted by atomic mass is 35.5. The van der Waals surface area contributed by atoms with Crippen LogP contribution in [0.15, 0.2) is 30.7 Å². The van der Waals surface area contributed by atoms with Crippen molar-refractivity contribution in [3.8, 4) is 16.9 Å². The lowest BCUT2D eigenvalue weighted by atomic mass is 9.94. The first-order chi connectivity index (χ1) is 17.2. The van der Waals surface area contributed by atoms with Crippen molar-refractivity contribution in [3.63, 3.8) is 0 Å². The van der Waals surface area contributed by atoms with Gasteiger partial charge in [-0.1, -0.05) is 24.6 Å². The number of nitrogens with two attached hydrogens (primary N) is 1. The molecule has 1 atom stereocenters. The van der Waals surface area contributed by atoms with Gasteiger partial charge in [0.1, 0.15) is 23.6 Å². The number of carbonyl (C=O) groups is 1. The molecule has 0 radical (unpaired) electrons. The molecule has 0 bridgehead atoms. The number of nitrogen functional groups attached to an aromatic ring is 1. The van der Waals surface area contributed by atoms with Gasteiger partial charge in [-0.3, -0.25) is 9.78 Å². The van der Waals surface area contributed by atoms with Crippen LogP contribution in [0.3, 0.4) is 0 Å². The van der Waals surface area contributed by atoms with E-state index < -0.39 is 0 Å². The van der Waals surface area contributed by atoms with E-state index in [0.29, 0.717) is 41.0 Å². The monoisotopic (exact) mass is 507 g/mol. The molecule has 36 heavy (non-hydrogen) atoms. The molecule has 0 aliphatic carbocycles. The molecule has 1 amide bonds. The number of pyridine rings is 1. The molecule has 0 saturated carbocycles. The molecule has 0 fully saturated rings. The first kappa shape index (κ1) is 25.4. The summed E-state index contributed by atoms with van der Waals surface area (Å²) in [5.41, 5.74) is 11.3. The van der Waals surface area contributed by atoms with Crippen molar-refractivity contribution in [2.24, 2.45) is 0 Å². The van der Waals surface area contributed by atoms with Gasteiger partial charge in [0.15, 0.2) is 5.65 Å². The van der Waals surface area contributed by atoms with Gasteiger partial charge in [0.2, 0.25) is 0 Å². The number of hydrogen-bond donors (Lipinski definition) is 1. The number of anilines is 1. The van der Waals surface area contributed by atoms with Crippen LogP contribution in [-0.4, -0.2) is 56.2 Å². The highest BCUT2D eigenvalue weighted by Gasteiger charge is 2.26. The molecule has 3 heterocycles. The number of nitrogens with zero attached hydrogens (tertiary/aromatic N) is 6. The van der Waals surface area contributed by atoms with Crippen LogP contribution in [0.1, 0.15) is 54.1 Å². The molecule has 0 saturated heterocycles. The summed E-state index contributed by atoms with van der Waals surface area (Å²) in [5.74, 6) is 0.924. The van der Waals surface area contributed by atoms with Gasteiger partial charge < -0.3 is 15.4 Å². The average Bonchev–Trinajstić information content (AvgIpc) is 3.26. The van der Waals surface area contributed by atoms with E-state index in [4.69, 9.17) is 27.2 Å². The second-order valence-corrected chi connectivity index (χ2v) is 9.13. The third-order valence-corrected chi connectivity index (χ3v) is 6.61. The van der Waals surface area contributed by atoms with E-state index in [1.807, 2.05) is 44.5 Å². The Bertz CT molecular complexity index is 1430. The lowest BCUT2D eigenvalue weighted by Crippen LogP contribution is -2.22. The number of hydrogen-bond acceptors (Lipinski definition) is 7. The van der Waals surface area contributed by atoms with Crippen LogP contribution in [0, 0.1) is 6.92 Å². The summed E-state index contributed by atoms with van der Waals surface area (Å²) >= 11 is 6.76. The SMILES string of the molecule is CCOc1c(C(C)n2nc(CC)c3c(N)ncnc32)cc(Cl)c(C)c1-c1ccc(C(=O)N(C)C)nc1. The number of ether oxygens (including phenoxy) is 1. The van der Waals surface area contributed by atoms with Crippen LogP contribution in [0.2, 0.25) is 5.02 Å². The van der Waals surface area contributed by atoms with Crippen molar-refractivity contribution >= 4 is 34.4 Å². The van der Waals surface area contributed by atoms with Gasteiger partial charge in [-0.05, 0) is 44.9 Å². The Labute approximate surface area is 215 Å². The Hall–Kier alpha value is -3.72. The first-order valence-electron chi connectivity index (χ1n) is 11.8. The highest BCUT2D eigenvalue weighted by Crippen LogP contribution is 2.43. The minimum atomic E-state index is -0.275. The number of benzene rings is 1. The minimum absolute atomic E-state index is 0.165. The number of aromatic nitrogens is 5. The van der Waals surface area contributed by atoms with Crippen LogP contribution in [0.5, 0.6) is 5.75 Å². The van der Waals surface area contributed by atoms with Crippen molar-refractivity contribution in [1.82, 2.24) is 29.6 Å². The topological polar surface area (TPSA) is 112 Å². The van der Waals surface area contributed by atoms with E-state index in [1.54, 1.807) is 26.4 Å². The molecule has 0 aliphatic rings. The fraction of sp³-hybridized carbons (Fsp3) is 0.346. The van der Waals surface area contributed by atoms with E-state index in [9.17, 15) is 4.79 Å². The molecule has 9 nitrogen and oxygen atoms in total.